The molecule has 1 aromatic carbocycles. The van der Waals surface area contributed by atoms with Crippen molar-refractivity contribution in [1.82, 2.24) is 0 Å². The van der Waals surface area contributed by atoms with Gasteiger partial charge in [0.1, 0.15) is 11.6 Å². The molecular formula is C13H17BrF2. The van der Waals surface area contributed by atoms with Crippen molar-refractivity contribution in [3.8, 4) is 0 Å². The Morgan fingerprint density at radius 1 is 1.12 bits per heavy atom. The van der Waals surface area contributed by atoms with E-state index in [9.17, 15) is 8.78 Å². The van der Waals surface area contributed by atoms with E-state index < -0.39 is 11.6 Å². The summed E-state index contributed by atoms with van der Waals surface area (Å²) in [5.74, 6) is -0.876. The van der Waals surface area contributed by atoms with Crippen molar-refractivity contribution in [2.24, 2.45) is 5.41 Å². The number of hydrogen-bond acceptors (Lipinski definition) is 0. The summed E-state index contributed by atoms with van der Waals surface area (Å²) in [5, 5.41) is 0.765. The highest BCUT2D eigenvalue weighted by molar-refractivity contribution is 9.09. The Balaban J connectivity index is 3.02. The number of halogens is 3. The largest absolute Gasteiger partial charge is 0.207 e. The van der Waals surface area contributed by atoms with Gasteiger partial charge in [0.05, 0.1) is 0 Å². The molecule has 0 bridgehead atoms. The third-order valence-corrected chi connectivity index (χ3v) is 4.59. The van der Waals surface area contributed by atoms with Crippen LogP contribution in [0.4, 0.5) is 8.78 Å². The normalized spacial score (nSPS) is 11.8. The number of alkyl halides is 1. The molecule has 0 aliphatic heterocycles. The zero-order valence-corrected chi connectivity index (χ0v) is 11.3. The minimum atomic E-state index is -0.438. The lowest BCUT2D eigenvalue weighted by atomic mass is 9.79. The van der Waals surface area contributed by atoms with E-state index in [2.05, 4.69) is 29.8 Å². The Morgan fingerprint density at radius 3 is 2.00 bits per heavy atom. The molecule has 0 radical (unpaired) electrons. The summed E-state index contributed by atoms with van der Waals surface area (Å²) in [5.41, 5.74) is 0.161. The summed E-state index contributed by atoms with van der Waals surface area (Å²) >= 11 is 3.46. The van der Waals surface area contributed by atoms with Gasteiger partial charge in [-0.1, -0.05) is 35.8 Å². The van der Waals surface area contributed by atoms with E-state index in [0.717, 1.165) is 18.2 Å². The molecule has 0 aliphatic rings. The Hall–Kier alpha value is -0.440. The van der Waals surface area contributed by atoms with Crippen LogP contribution >= 0.6 is 15.9 Å². The molecule has 1 rings (SSSR count). The van der Waals surface area contributed by atoms with Crippen molar-refractivity contribution >= 4 is 15.9 Å². The Bertz CT molecular complexity index is 317. The fraction of sp³-hybridized carbons (Fsp3) is 0.538. The van der Waals surface area contributed by atoms with Crippen molar-refractivity contribution < 1.29 is 8.78 Å². The van der Waals surface area contributed by atoms with Crippen LogP contribution in [0, 0.1) is 17.0 Å². The quantitative estimate of drug-likeness (QED) is 0.689. The molecule has 0 fully saturated rings. The van der Waals surface area contributed by atoms with Crippen LogP contribution in [0.5, 0.6) is 0 Å². The second kappa shape index (κ2) is 5.76. The first-order valence-corrected chi connectivity index (χ1v) is 6.69. The maximum atomic E-state index is 13.5. The molecule has 16 heavy (non-hydrogen) atoms. The van der Waals surface area contributed by atoms with Gasteiger partial charge in [-0.3, -0.25) is 0 Å². The van der Waals surface area contributed by atoms with Gasteiger partial charge < -0.3 is 0 Å². The molecule has 0 nitrogen and oxygen atoms in total. The van der Waals surface area contributed by atoms with Gasteiger partial charge in [0.2, 0.25) is 0 Å². The highest BCUT2D eigenvalue weighted by Gasteiger charge is 2.27. The summed E-state index contributed by atoms with van der Waals surface area (Å²) in [7, 11) is 0. The average Bonchev–Trinajstić information content (AvgIpc) is 2.30. The molecule has 0 heterocycles. The molecule has 0 aliphatic carbocycles. The van der Waals surface area contributed by atoms with Crippen molar-refractivity contribution in [3.63, 3.8) is 0 Å². The van der Waals surface area contributed by atoms with E-state index in [0.29, 0.717) is 6.42 Å². The van der Waals surface area contributed by atoms with E-state index in [1.807, 2.05) is 0 Å². The van der Waals surface area contributed by atoms with Crippen LogP contribution in [0.15, 0.2) is 18.2 Å². The highest BCUT2D eigenvalue weighted by atomic mass is 79.9. The molecule has 0 unspecified atom stereocenters. The lowest BCUT2D eigenvalue weighted by Gasteiger charge is -2.29. The van der Waals surface area contributed by atoms with E-state index in [4.69, 9.17) is 0 Å². The van der Waals surface area contributed by atoms with Gasteiger partial charge in [0, 0.05) is 10.9 Å². The van der Waals surface area contributed by atoms with Crippen molar-refractivity contribution in [1.29, 1.82) is 0 Å². The minimum absolute atomic E-state index is 0.0525. The zero-order chi connectivity index (χ0) is 12.2. The second-order valence-electron chi connectivity index (χ2n) is 4.22. The summed E-state index contributed by atoms with van der Waals surface area (Å²) < 4.78 is 27.1. The molecular weight excluding hydrogens is 274 g/mol. The molecule has 90 valence electrons. The number of hydrogen-bond donors (Lipinski definition) is 0. The van der Waals surface area contributed by atoms with E-state index in [1.165, 1.54) is 18.2 Å². The smallest absolute Gasteiger partial charge is 0.129 e. The van der Waals surface area contributed by atoms with Crippen LogP contribution in [-0.2, 0) is 6.42 Å². The molecule has 0 saturated heterocycles. The van der Waals surface area contributed by atoms with Crippen LogP contribution in [0.2, 0.25) is 0 Å². The van der Waals surface area contributed by atoms with Crippen LogP contribution in [-0.4, -0.2) is 5.33 Å². The predicted octanol–water partition coefficient (Wildman–Crippen LogP) is 4.71. The first-order chi connectivity index (χ1) is 7.58. The van der Waals surface area contributed by atoms with Crippen LogP contribution in [0.25, 0.3) is 0 Å². The van der Waals surface area contributed by atoms with Crippen molar-refractivity contribution in [2.75, 3.05) is 5.33 Å². The average molecular weight is 291 g/mol. The van der Waals surface area contributed by atoms with E-state index >= 15 is 0 Å². The van der Waals surface area contributed by atoms with Crippen molar-refractivity contribution in [3.05, 3.63) is 35.4 Å². The fourth-order valence-corrected chi connectivity index (χ4v) is 2.80. The summed E-state index contributed by atoms with van der Waals surface area (Å²) in [6.07, 6.45) is 2.26. The summed E-state index contributed by atoms with van der Waals surface area (Å²) in [6, 6.07) is 4.05. The topological polar surface area (TPSA) is 0 Å². The molecule has 0 atom stereocenters. The molecule has 0 N–H and O–H groups in total. The lowest BCUT2D eigenvalue weighted by Crippen LogP contribution is -2.25. The minimum Gasteiger partial charge on any atom is -0.207 e. The molecule has 0 saturated carbocycles. The summed E-state index contributed by atoms with van der Waals surface area (Å²) in [4.78, 5) is 0. The SMILES string of the molecule is CCC(CC)(CBr)Cc1c(F)cccc1F. The van der Waals surface area contributed by atoms with Gasteiger partial charge in [0.25, 0.3) is 0 Å². The van der Waals surface area contributed by atoms with Gasteiger partial charge in [-0.2, -0.15) is 0 Å². The van der Waals surface area contributed by atoms with Crippen LogP contribution < -0.4 is 0 Å². The monoisotopic (exact) mass is 290 g/mol. The first kappa shape index (κ1) is 13.6. The highest BCUT2D eigenvalue weighted by Crippen LogP contribution is 2.34. The zero-order valence-electron chi connectivity index (χ0n) is 9.69. The molecule has 3 heteroatoms. The van der Waals surface area contributed by atoms with Gasteiger partial charge in [0.15, 0.2) is 0 Å². The Morgan fingerprint density at radius 2 is 1.62 bits per heavy atom. The Labute approximate surface area is 104 Å². The third-order valence-electron chi connectivity index (χ3n) is 3.40. The number of rotatable bonds is 5. The lowest BCUT2D eigenvalue weighted by molar-refractivity contribution is 0.298. The molecule has 0 aromatic heterocycles. The number of benzene rings is 1. The van der Waals surface area contributed by atoms with Crippen molar-refractivity contribution in [2.45, 2.75) is 33.1 Å². The first-order valence-electron chi connectivity index (χ1n) is 5.57. The van der Waals surface area contributed by atoms with E-state index in [-0.39, 0.29) is 11.0 Å². The third kappa shape index (κ3) is 2.82. The molecule has 1 aromatic rings. The molecule has 0 spiro atoms. The maximum Gasteiger partial charge on any atom is 0.129 e. The predicted molar refractivity (Wildman–Crippen MR) is 66.9 cm³/mol. The Kier molecular flexibility index (Phi) is 4.90. The van der Waals surface area contributed by atoms with E-state index in [1.54, 1.807) is 0 Å². The maximum absolute atomic E-state index is 13.5. The fourth-order valence-electron chi connectivity index (χ4n) is 1.81. The van der Waals surface area contributed by atoms with Crippen LogP contribution in [0.1, 0.15) is 32.3 Å². The summed E-state index contributed by atoms with van der Waals surface area (Å²) in [6.45, 7) is 4.12. The van der Waals surface area contributed by atoms with Crippen LogP contribution in [0.3, 0.4) is 0 Å². The molecule has 0 amide bonds. The van der Waals surface area contributed by atoms with Gasteiger partial charge >= 0.3 is 0 Å². The van der Waals surface area contributed by atoms with Gasteiger partial charge in [-0.05, 0) is 36.8 Å². The standard InChI is InChI=1S/C13H17BrF2/c1-3-13(4-2,9-14)8-10-11(15)6-5-7-12(10)16/h5-7H,3-4,8-9H2,1-2H3. The second-order valence-corrected chi connectivity index (χ2v) is 4.78. The van der Waals surface area contributed by atoms with Gasteiger partial charge in [-0.15, -0.1) is 0 Å². The van der Waals surface area contributed by atoms with Gasteiger partial charge in [-0.25, -0.2) is 8.78 Å².